The SMILES string of the molecule is CC(O)(CNC(=O)Nc1ccc(Cl)cc1I)CC(=O)O. The quantitative estimate of drug-likeness (QED) is 0.558. The predicted molar refractivity (Wildman–Crippen MR) is 84.1 cm³/mol. The summed E-state index contributed by atoms with van der Waals surface area (Å²) in [5, 5.41) is 23.9. The monoisotopic (exact) mass is 412 g/mol. The maximum absolute atomic E-state index is 11.7. The summed E-state index contributed by atoms with van der Waals surface area (Å²) in [4.78, 5) is 22.2. The fourth-order valence-corrected chi connectivity index (χ4v) is 2.42. The second kappa shape index (κ2) is 7.09. The molecule has 0 aliphatic heterocycles. The first-order valence-corrected chi connectivity index (χ1v) is 7.09. The van der Waals surface area contributed by atoms with E-state index in [2.05, 4.69) is 10.6 Å². The maximum Gasteiger partial charge on any atom is 0.319 e. The van der Waals surface area contributed by atoms with Gasteiger partial charge in [0.05, 0.1) is 17.7 Å². The third-order valence-electron chi connectivity index (χ3n) is 2.34. The molecule has 8 heteroatoms. The minimum atomic E-state index is -1.50. The highest BCUT2D eigenvalue weighted by molar-refractivity contribution is 14.1. The summed E-state index contributed by atoms with van der Waals surface area (Å²) in [6.07, 6.45) is -0.453. The van der Waals surface area contributed by atoms with Gasteiger partial charge < -0.3 is 20.8 Å². The van der Waals surface area contributed by atoms with Crippen LogP contribution in [0.1, 0.15) is 13.3 Å². The van der Waals surface area contributed by atoms with Gasteiger partial charge in [0.15, 0.2) is 0 Å². The average Bonchev–Trinajstić information content (AvgIpc) is 2.29. The minimum absolute atomic E-state index is 0.171. The average molecular weight is 413 g/mol. The molecule has 20 heavy (non-hydrogen) atoms. The van der Waals surface area contributed by atoms with Crippen LogP contribution in [0.25, 0.3) is 0 Å². The molecule has 0 saturated carbocycles. The van der Waals surface area contributed by atoms with Gasteiger partial charge in [-0.3, -0.25) is 4.79 Å². The Morgan fingerprint density at radius 3 is 2.65 bits per heavy atom. The molecule has 1 unspecified atom stereocenters. The number of benzene rings is 1. The molecule has 0 fully saturated rings. The third kappa shape index (κ3) is 5.93. The molecule has 0 spiro atoms. The van der Waals surface area contributed by atoms with Crippen LogP contribution in [0.15, 0.2) is 18.2 Å². The van der Waals surface area contributed by atoms with Crippen molar-refractivity contribution in [1.29, 1.82) is 0 Å². The summed E-state index contributed by atoms with van der Waals surface area (Å²) in [5.74, 6) is -1.13. The number of hydrogen-bond acceptors (Lipinski definition) is 3. The molecule has 4 N–H and O–H groups in total. The Morgan fingerprint density at radius 2 is 2.10 bits per heavy atom. The number of rotatable bonds is 5. The summed E-state index contributed by atoms with van der Waals surface area (Å²) in [5.41, 5.74) is -0.929. The zero-order chi connectivity index (χ0) is 15.3. The molecule has 1 atom stereocenters. The molecule has 0 aromatic heterocycles. The Bertz CT molecular complexity index is 522. The Morgan fingerprint density at radius 1 is 1.45 bits per heavy atom. The van der Waals surface area contributed by atoms with Crippen LogP contribution in [0, 0.1) is 3.57 Å². The molecule has 6 nitrogen and oxygen atoms in total. The van der Waals surface area contributed by atoms with E-state index in [0.29, 0.717) is 10.7 Å². The van der Waals surface area contributed by atoms with Crippen LogP contribution in [0.5, 0.6) is 0 Å². The van der Waals surface area contributed by atoms with E-state index >= 15 is 0 Å². The van der Waals surface area contributed by atoms with Crippen molar-refractivity contribution in [2.75, 3.05) is 11.9 Å². The number of aliphatic carboxylic acids is 1. The first-order chi connectivity index (χ1) is 9.19. The number of anilines is 1. The lowest BCUT2D eigenvalue weighted by atomic mass is 10.0. The number of nitrogens with one attached hydrogen (secondary N) is 2. The molecule has 1 aromatic rings. The number of carboxylic acids is 1. The van der Waals surface area contributed by atoms with E-state index in [9.17, 15) is 14.7 Å². The van der Waals surface area contributed by atoms with Gasteiger partial charge in [0.25, 0.3) is 0 Å². The highest BCUT2D eigenvalue weighted by atomic mass is 127. The van der Waals surface area contributed by atoms with Crippen molar-refractivity contribution in [3.8, 4) is 0 Å². The Labute approximate surface area is 134 Å². The van der Waals surface area contributed by atoms with E-state index in [1.165, 1.54) is 6.92 Å². The van der Waals surface area contributed by atoms with Gasteiger partial charge in [-0.15, -0.1) is 0 Å². The molecule has 0 radical (unpaired) electrons. The lowest BCUT2D eigenvalue weighted by Gasteiger charge is -2.21. The molecule has 2 amide bonds. The first kappa shape index (κ1) is 17.0. The fraction of sp³-hybridized carbons (Fsp3) is 0.333. The molecular weight excluding hydrogens is 398 g/mol. The zero-order valence-corrected chi connectivity index (χ0v) is 13.5. The second-order valence-electron chi connectivity index (χ2n) is 4.50. The van der Waals surface area contributed by atoms with Gasteiger partial charge in [0, 0.05) is 15.1 Å². The summed E-state index contributed by atoms with van der Waals surface area (Å²) in [6, 6.07) is 4.45. The highest BCUT2D eigenvalue weighted by Crippen LogP contribution is 2.22. The van der Waals surface area contributed by atoms with Gasteiger partial charge in [0.1, 0.15) is 0 Å². The normalized spacial score (nSPS) is 13.4. The molecule has 0 aliphatic carbocycles. The molecule has 1 rings (SSSR count). The second-order valence-corrected chi connectivity index (χ2v) is 6.10. The van der Waals surface area contributed by atoms with Crippen LogP contribution in [0.2, 0.25) is 5.02 Å². The largest absolute Gasteiger partial charge is 0.481 e. The Balaban J connectivity index is 2.54. The lowest BCUT2D eigenvalue weighted by Crippen LogP contribution is -2.43. The van der Waals surface area contributed by atoms with Gasteiger partial charge in [-0.05, 0) is 47.7 Å². The van der Waals surface area contributed by atoms with Crippen molar-refractivity contribution in [2.45, 2.75) is 18.9 Å². The number of aliphatic hydroxyl groups is 1. The number of urea groups is 1. The van der Waals surface area contributed by atoms with E-state index in [-0.39, 0.29) is 6.54 Å². The maximum atomic E-state index is 11.7. The molecular formula is C12H14ClIN2O4. The molecule has 0 heterocycles. The van der Waals surface area contributed by atoms with E-state index in [1.54, 1.807) is 18.2 Å². The number of amides is 2. The van der Waals surface area contributed by atoms with E-state index in [1.807, 2.05) is 22.6 Å². The van der Waals surface area contributed by atoms with Gasteiger partial charge in [-0.1, -0.05) is 11.6 Å². The first-order valence-electron chi connectivity index (χ1n) is 5.64. The van der Waals surface area contributed by atoms with Crippen molar-refractivity contribution in [2.24, 2.45) is 0 Å². The number of carbonyl (C=O) groups excluding carboxylic acids is 1. The van der Waals surface area contributed by atoms with Crippen molar-refractivity contribution >= 4 is 51.9 Å². The van der Waals surface area contributed by atoms with Crippen LogP contribution in [-0.4, -0.2) is 34.4 Å². The zero-order valence-electron chi connectivity index (χ0n) is 10.6. The van der Waals surface area contributed by atoms with E-state index in [0.717, 1.165) is 3.57 Å². The number of carboxylic acid groups (broad SMARTS) is 1. The third-order valence-corrected chi connectivity index (χ3v) is 3.47. The standard InChI is InChI=1S/C12H14ClIN2O4/c1-12(20,5-10(17)18)6-15-11(19)16-9-3-2-7(13)4-8(9)14/h2-4,20H,5-6H2,1H3,(H,17,18)(H2,15,16,19). The van der Waals surface area contributed by atoms with Crippen molar-refractivity contribution in [3.63, 3.8) is 0 Å². The molecule has 1 aromatic carbocycles. The smallest absolute Gasteiger partial charge is 0.319 e. The van der Waals surface area contributed by atoms with E-state index in [4.69, 9.17) is 16.7 Å². The number of hydrogen-bond donors (Lipinski definition) is 4. The van der Waals surface area contributed by atoms with Crippen LogP contribution >= 0.6 is 34.2 Å². The molecule has 0 saturated heterocycles. The van der Waals surface area contributed by atoms with Crippen LogP contribution < -0.4 is 10.6 Å². The lowest BCUT2D eigenvalue weighted by molar-refractivity contribution is -0.141. The Kier molecular flexibility index (Phi) is 6.03. The van der Waals surface area contributed by atoms with Crippen LogP contribution in [-0.2, 0) is 4.79 Å². The van der Waals surface area contributed by atoms with Gasteiger partial charge in [-0.25, -0.2) is 4.79 Å². The minimum Gasteiger partial charge on any atom is -0.481 e. The number of halogens is 2. The van der Waals surface area contributed by atoms with Crippen molar-refractivity contribution in [3.05, 3.63) is 26.8 Å². The summed E-state index contributed by atoms with van der Waals surface area (Å²) in [6.45, 7) is 1.17. The summed E-state index contributed by atoms with van der Waals surface area (Å²) in [7, 11) is 0. The van der Waals surface area contributed by atoms with Crippen molar-refractivity contribution in [1.82, 2.24) is 5.32 Å². The Hall–Kier alpha value is -1.06. The molecule has 0 aliphatic rings. The summed E-state index contributed by atoms with van der Waals surface area (Å²) < 4.78 is 0.766. The van der Waals surface area contributed by atoms with Crippen molar-refractivity contribution < 1.29 is 19.8 Å². The van der Waals surface area contributed by atoms with Crippen LogP contribution in [0.3, 0.4) is 0 Å². The highest BCUT2D eigenvalue weighted by Gasteiger charge is 2.24. The van der Waals surface area contributed by atoms with Gasteiger partial charge in [0.2, 0.25) is 0 Å². The topological polar surface area (TPSA) is 98.7 Å². The molecule has 110 valence electrons. The predicted octanol–water partition coefficient (Wildman–Crippen LogP) is 2.29. The van der Waals surface area contributed by atoms with Gasteiger partial charge in [-0.2, -0.15) is 0 Å². The number of carbonyl (C=O) groups is 2. The van der Waals surface area contributed by atoms with E-state index < -0.39 is 24.0 Å². The molecule has 0 bridgehead atoms. The van der Waals surface area contributed by atoms with Crippen LogP contribution in [0.4, 0.5) is 10.5 Å². The fourth-order valence-electron chi connectivity index (χ4n) is 1.42. The van der Waals surface area contributed by atoms with Gasteiger partial charge >= 0.3 is 12.0 Å². The summed E-state index contributed by atoms with van der Waals surface area (Å²) >= 11 is 7.83.